The zero-order chi connectivity index (χ0) is 19.3. The van der Waals surface area contributed by atoms with Crippen LogP contribution in [0.5, 0.6) is 0 Å². The summed E-state index contributed by atoms with van der Waals surface area (Å²) in [5, 5.41) is 11.7. The van der Waals surface area contributed by atoms with Crippen molar-refractivity contribution < 1.29 is 32.6 Å². The van der Waals surface area contributed by atoms with Crippen LogP contribution in [0.3, 0.4) is 0 Å². The Morgan fingerprint density at radius 2 is 1.84 bits per heavy atom. The van der Waals surface area contributed by atoms with E-state index in [1.54, 1.807) is 0 Å². The average Bonchev–Trinajstić information content (AvgIpc) is 2.98. The van der Waals surface area contributed by atoms with E-state index < -0.39 is 39.2 Å². The Bertz CT molecular complexity index is 611. The first-order valence-corrected chi connectivity index (χ1v) is 9.72. The van der Waals surface area contributed by atoms with Gasteiger partial charge in [0.25, 0.3) is 0 Å². The SMILES string of the molecule is COC(=O)C1(CS(=O)(=O)N(CCNC(C)=O)C(C)C(=O)O)CCCC1. The number of amides is 1. The predicted molar refractivity (Wildman–Crippen MR) is 89.2 cm³/mol. The first-order chi connectivity index (χ1) is 11.6. The van der Waals surface area contributed by atoms with Crippen LogP contribution in [0.4, 0.5) is 0 Å². The van der Waals surface area contributed by atoms with Crippen molar-refractivity contribution >= 4 is 27.9 Å². The van der Waals surface area contributed by atoms with Gasteiger partial charge >= 0.3 is 11.9 Å². The molecule has 1 amide bonds. The van der Waals surface area contributed by atoms with Gasteiger partial charge in [-0.05, 0) is 19.8 Å². The zero-order valence-electron chi connectivity index (χ0n) is 14.8. The molecule has 25 heavy (non-hydrogen) atoms. The normalized spacial score (nSPS) is 17.9. The molecule has 1 saturated carbocycles. The second-order valence-electron chi connectivity index (χ2n) is 6.34. The fourth-order valence-electron chi connectivity index (χ4n) is 3.15. The summed E-state index contributed by atoms with van der Waals surface area (Å²) in [6.45, 7) is 2.33. The van der Waals surface area contributed by atoms with Crippen molar-refractivity contribution in [1.82, 2.24) is 9.62 Å². The zero-order valence-corrected chi connectivity index (χ0v) is 15.6. The molecule has 1 atom stereocenters. The van der Waals surface area contributed by atoms with Gasteiger partial charge in [-0.25, -0.2) is 8.42 Å². The lowest BCUT2D eigenvalue weighted by molar-refractivity contribution is -0.151. The van der Waals surface area contributed by atoms with Gasteiger partial charge in [-0.15, -0.1) is 0 Å². The lowest BCUT2D eigenvalue weighted by atomic mass is 9.89. The molecule has 0 aromatic carbocycles. The van der Waals surface area contributed by atoms with Gasteiger partial charge in [0.05, 0.1) is 18.3 Å². The maximum absolute atomic E-state index is 12.9. The van der Waals surface area contributed by atoms with E-state index in [2.05, 4.69) is 5.32 Å². The molecule has 0 spiro atoms. The number of sulfonamides is 1. The molecule has 0 heterocycles. The Morgan fingerprint density at radius 1 is 1.28 bits per heavy atom. The predicted octanol–water partition coefficient (Wildman–Crippen LogP) is -0.0392. The van der Waals surface area contributed by atoms with Gasteiger partial charge < -0.3 is 15.2 Å². The number of carboxylic acids is 1. The third-order valence-electron chi connectivity index (χ3n) is 4.49. The number of hydrogen-bond acceptors (Lipinski definition) is 6. The number of carboxylic acid groups (broad SMARTS) is 1. The highest BCUT2D eigenvalue weighted by Gasteiger charge is 2.48. The van der Waals surface area contributed by atoms with Crippen molar-refractivity contribution in [3.05, 3.63) is 0 Å². The molecule has 0 aromatic rings. The minimum Gasteiger partial charge on any atom is -0.480 e. The maximum Gasteiger partial charge on any atom is 0.321 e. The van der Waals surface area contributed by atoms with Crippen LogP contribution in [0.1, 0.15) is 39.5 Å². The largest absolute Gasteiger partial charge is 0.480 e. The molecule has 9 nitrogen and oxygen atoms in total. The van der Waals surface area contributed by atoms with Gasteiger partial charge in [-0.1, -0.05) is 12.8 Å². The molecule has 2 N–H and O–H groups in total. The number of nitrogens with zero attached hydrogens (tertiary/aromatic N) is 1. The van der Waals surface area contributed by atoms with Crippen LogP contribution < -0.4 is 5.32 Å². The van der Waals surface area contributed by atoms with Crippen LogP contribution in [0.25, 0.3) is 0 Å². The molecular formula is C15H26N2O7S. The number of aliphatic carboxylic acids is 1. The van der Waals surface area contributed by atoms with Crippen molar-refractivity contribution in [3.8, 4) is 0 Å². The minimum absolute atomic E-state index is 0.0165. The van der Waals surface area contributed by atoms with Crippen molar-refractivity contribution in [2.75, 3.05) is 26.0 Å². The first kappa shape index (κ1) is 21.4. The van der Waals surface area contributed by atoms with E-state index in [0.29, 0.717) is 25.7 Å². The molecule has 10 heteroatoms. The fourth-order valence-corrected chi connectivity index (χ4v) is 5.36. The molecule has 0 saturated heterocycles. The second kappa shape index (κ2) is 8.61. The van der Waals surface area contributed by atoms with Crippen LogP contribution in [0.15, 0.2) is 0 Å². The van der Waals surface area contributed by atoms with Gasteiger partial charge in [0.2, 0.25) is 15.9 Å². The summed E-state index contributed by atoms with van der Waals surface area (Å²) in [7, 11) is -2.85. The molecule has 144 valence electrons. The second-order valence-corrected chi connectivity index (χ2v) is 8.26. The number of hydrogen-bond donors (Lipinski definition) is 2. The average molecular weight is 378 g/mol. The Hall–Kier alpha value is -1.68. The monoisotopic (exact) mass is 378 g/mol. The van der Waals surface area contributed by atoms with Crippen molar-refractivity contribution in [2.45, 2.75) is 45.6 Å². The third-order valence-corrected chi connectivity index (χ3v) is 6.62. The van der Waals surface area contributed by atoms with Gasteiger partial charge in [-0.2, -0.15) is 4.31 Å². The van der Waals surface area contributed by atoms with Crippen LogP contribution in [-0.2, 0) is 29.1 Å². The third kappa shape index (κ3) is 5.40. The van der Waals surface area contributed by atoms with Crippen LogP contribution in [0, 0.1) is 5.41 Å². The Morgan fingerprint density at radius 3 is 2.28 bits per heavy atom. The van der Waals surface area contributed by atoms with E-state index in [1.165, 1.54) is 21.0 Å². The van der Waals surface area contributed by atoms with Crippen LogP contribution in [0.2, 0.25) is 0 Å². The Kier molecular flexibility index (Phi) is 7.36. The first-order valence-electron chi connectivity index (χ1n) is 8.11. The van der Waals surface area contributed by atoms with E-state index in [-0.39, 0.29) is 19.0 Å². The quantitative estimate of drug-likeness (QED) is 0.538. The summed E-state index contributed by atoms with van der Waals surface area (Å²) < 4.78 is 31.4. The topological polar surface area (TPSA) is 130 Å². The van der Waals surface area contributed by atoms with Gasteiger partial charge in [0, 0.05) is 20.0 Å². The lowest BCUT2D eigenvalue weighted by Crippen LogP contribution is -2.50. The molecule has 0 aliphatic heterocycles. The highest BCUT2D eigenvalue weighted by atomic mass is 32.2. The van der Waals surface area contributed by atoms with Gasteiger partial charge in [-0.3, -0.25) is 14.4 Å². The van der Waals surface area contributed by atoms with Gasteiger partial charge in [0.15, 0.2) is 0 Å². The molecule has 0 bridgehead atoms. The van der Waals surface area contributed by atoms with E-state index in [4.69, 9.17) is 4.74 Å². The number of ether oxygens (including phenoxy) is 1. The molecule has 0 aromatic heterocycles. The maximum atomic E-state index is 12.9. The lowest BCUT2D eigenvalue weighted by Gasteiger charge is -2.31. The molecule has 1 fully saturated rings. The fraction of sp³-hybridized carbons (Fsp3) is 0.800. The number of carbonyl (C=O) groups excluding carboxylic acids is 2. The summed E-state index contributed by atoms with van der Waals surface area (Å²) in [5.41, 5.74) is -1.14. The number of carbonyl (C=O) groups is 3. The summed E-state index contributed by atoms with van der Waals surface area (Å²) >= 11 is 0. The molecular weight excluding hydrogens is 352 g/mol. The summed E-state index contributed by atoms with van der Waals surface area (Å²) in [6, 6.07) is -1.31. The van der Waals surface area contributed by atoms with E-state index >= 15 is 0 Å². The number of rotatable bonds is 9. The van der Waals surface area contributed by atoms with Crippen molar-refractivity contribution in [3.63, 3.8) is 0 Å². The highest BCUT2D eigenvalue weighted by Crippen LogP contribution is 2.41. The summed E-state index contributed by atoms with van der Waals surface area (Å²) in [5.74, 6) is -2.73. The highest BCUT2D eigenvalue weighted by molar-refractivity contribution is 7.89. The number of nitrogens with one attached hydrogen (secondary N) is 1. The van der Waals surface area contributed by atoms with Crippen molar-refractivity contribution in [1.29, 1.82) is 0 Å². The number of methoxy groups -OCH3 is 1. The van der Waals surface area contributed by atoms with E-state index in [0.717, 1.165) is 4.31 Å². The summed E-state index contributed by atoms with van der Waals surface area (Å²) in [6.07, 6.45) is 2.20. The van der Waals surface area contributed by atoms with E-state index in [9.17, 15) is 27.9 Å². The number of esters is 1. The van der Waals surface area contributed by atoms with E-state index in [1.807, 2.05) is 0 Å². The smallest absolute Gasteiger partial charge is 0.321 e. The van der Waals surface area contributed by atoms with Crippen LogP contribution >= 0.6 is 0 Å². The van der Waals surface area contributed by atoms with Crippen molar-refractivity contribution in [2.24, 2.45) is 5.41 Å². The molecule has 1 aliphatic rings. The van der Waals surface area contributed by atoms with Crippen LogP contribution in [-0.4, -0.2) is 67.7 Å². The van der Waals surface area contributed by atoms with Gasteiger partial charge in [0.1, 0.15) is 6.04 Å². The molecule has 1 aliphatic carbocycles. The Labute approximate surface area is 147 Å². The standard InChI is InChI=1S/C15H26N2O7S/c1-11(13(19)20)17(9-8-16-12(2)18)25(22,23)10-15(14(21)24-3)6-4-5-7-15/h11H,4-10H2,1-3H3,(H,16,18)(H,19,20). The molecule has 0 radical (unpaired) electrons. The molecule has 1 rings (SSSR count). The Balaban J connectivity index is 3.06. The summed E-state index contributed by atoms with van der Waals surface area (Å²) in [4.78, 5) is 34.5. The minimum atomic E-state index is -4.06. The molecule has 1 unspecified atom stereocenters.